The predicted molar refractivity (Wildman–Crippen MR) is 93.6 cm³/mol. The lowest BCUT2D eigenvalue weighted by molar-refractivity contribution is -0.118. The Bertz CT molecular complexity index is 450. The van der Waals surface area contributed by atoms with Gasteiger partial charge in [-0.05, 0) is 43.7 Å². The smallest absolute Gasteiger partial charge is 0.241 e. The summed E-state index contributed by atoms with van der Waals surface area (Å²) in [5.41, 5.74) is 0.876. The van der Waals surface area contributed by atoms with E-state index in [1.165, 1.54) is 11.3 Å². The number of rotatable bonds is 3. The molecular weight excluding hydrogens is 304 g/mol. The molecule has 3 nitrogen and oxygen atoms in total. The normalized spacial score (nSPS) is 18.7. The molecule has 1 aliphatic heterocycles. The van der Waals surface area contributed by atoms with Crippen molar-refractivity contribution in [3.05, 3.63) is 24.3 Å². The van der Waals surface area contributed by atoms with Crippen LogP contribution in [0.1, 0.15) is 40.0 Å². The van der Waals surface area contributed by atoms with Gasteiger partial charge in [0.2, 0.25) is 5.91 Å². The number of benzene rings is 1. The van der Waals surface area contributed by atoms with E-state index < -0.39 is 0 Å². The Morgan fingerprint density at radius 2 is 1.90 bits per heavy atom. The minimum absolute atomic E-state index is 0. The average molecular weight is 329 g/mol. The summed E-state index contributed by atoms with van der Waals surface area (Å²) < 4.78 is 0.205. The maximum absolute atomic E-state index is 12.1. The molecule has 0 aromatic heterocycles. The first-order valence-corrected chi connectivity index (χ1v) is 8.09. The molecule has 1 unspecified atom stereocenters. The summed E-state index contributed by atoms with van der Waals surface area (Å²) in [7, 11) is 0. The van der Waals surface area contributed by atoms with Gasteiger partial charge < -0.3 is 10.6 Å². The Morgan fingerprint density at radius 3 is 2.43 bits per heavy atom. The molecule has 0 aliphatic carbocycles. The average Bonchev–Trinajstić information content (AvgIpc) is 2.40. The van der Waals surface area contributed by atoms with Gasteiger partial charge in [-0.15, -0.1) is 24.2 Å². The predicted octanol–water partition coefficient (Wildman–Crippen LogP) is 4.08. The molecule has 0 saturated carbocycles. The van der Waals surface area contributed by atoms with E-state index >= 15 is 0 Å². The molecule has 0 spiro atoms. The zero-order chi connectivity index (χ0) is 14.6. The summed E-state index contributed by atoms with van der Waals surface area (Å²) in [6, 6.07) is 8.07. The monoisotopic (exact) mass is 328 g/mol. The molecule has 2 N–H and O–H groups in total. The fraction of sp³-hybridized carbons (Fsp3) is 0.562. The van der Waals surface area contributed by atoms with E-state index in [2.05, 4.69) is 43.5 Å². The largest absolute Gasteiger partial charge is 0.325 e. The maximum atomic E-state index is 12.1. The molecule has 0 radical (unpaired) electrons. The number of piperidine rings is 1. The summed E-state index contributed by atoms with van der Waals surface area (Å²) in [5, 5.41) is 6.26. The Kier molecular flexibility index (Phi) is 7.04. The Morgan fingerprint density at radius 1 is 1.24 bits per heavy atom. The van der Waals surface area contributed by atoms with Gasteiger partial charge in [-0.3, -0.25) is 4.79 Å². The van der Waals surface area contributed by atoms with Crippen LogP contribution in [0, 0.1) is 0 Å². The van der Waals surface area contributed by atoms with E-state index in [4.69, 9.17) is 0 Å². The Hall–Kier alpha value is -0.710. The lowest BCUT2D eigenvalue weighted by Crippen LogP contribution is -2.43. The third kappa shape index (κ3) is 6.29. The number of carbonyl (C=O) groups excluding carboxylic acids is 1. The highest BCUT2D eigenvalue weighted by molar-refractivity contribution is 8.00. The minimum Gasteiger partial charge on any atom is -0.325 e. The van der Waals surface area contributed by atoms with Crippen LogP contribution in [0.25, 0.3) is 0 Å². The van der Waals surface area contributed by atoms with Gasteiger partial charge in [-0.1, -0.05) is 27.2 Å². The molecule has 1 heterocycles. The van der Waals surface area contributed by atoms with Crippen LogP contribution in [0.2, 0.25) is 0 Å². The minimum atomic E-state index is -0.0348. The number of hydrogen-bond acceptors (Lipinski definition) is 3. The molecule has 1 amide bonds. The first kappa shape index (κ1) is 18.3. The van der Waals surface area contributed by atoms with Crippen molar-refractivity contribution in [2.45, 2.75) is 55.7 Å². The van der Waals surface area contributed by atoms with Crippen LogP contribution in [0.4, 0.5) is 5.69 Å². The van der Waals surface area contributed by atoms with Crippen LogP contribution in [0.15, 0.2) is 29.2 Å². The molecule has 1 fully saturated rings. The standard InChI is InChI=1S/C16H24N2OS.ClH/c1-16(2,3)20-13-9-7-12(8-10-13)18-15(19)14-6-4-5-11-17-14;/h7-10,14,17H,4-6,11H2,1-3H3,(H,18,19);1H. The highest BCUT2D eigenvalue weighted by atomic mass is 35.5. The molecule has 1 atom stereocenters. The van der Waals surface area contributed by atoms with Gasteiger partial charge in [0.15, 0.2) is 0 Å². The van der Waals surface area contributed by atoms with Crippen molar-refractivity contribution < 1.29 is 4.79 Å². The van der Waals surface area contributed by atoms with E-state index in [9.17, 15) is 4.79 Å². The zero-order valence-corrected chi connectivity index (χ0v) is 14.6. The summed E-state index contributed by atoms with van der Waals surface area (Å²) in [6.45, 7) is 7.53. The highest BCUT2D eigenvalue weighted by Gasteiger charge is 2.20. The van der Waals surface area contributed by atoms with Crippen LogP contribution in [0.3, 0.4) is 0 Å². The first-order valence-electron chi connectivity index (χ1n) is 7.27. The van der Waals surface area contributed by atoms with Crippen molar-refractivity contribution in [3.63, 3.8) is 0 Å². The van der Waals surface area contributed by atoms with Gasteiger partial charge in [0.1, 0.15) is 0 Å². The van der Waals surface area contributed by atoms with E-state index in [-0.39, 0.29) is 29.1 Å². The summed E-state index contributed by atoms with van der Waals surface area (Å²) in [4.78, 5) is 13.3. The third-order valence-electron chi connectivity index (χ3n) is 3.17. The molecule has 0 bridgehead atoms. The quantitative estimate of drug-likeness (QED) is 0.821. The first-order chi connectivity index (χ1) is 9.44. The van der Waals surface area contributed by atoms with Gasteiger partial charge in [0, 0.05) is 15.3 Å². The third-order valence-corrected chi connectivity index (χ3v) is 4.29. The maximum Gasteiger partial charge on any atom is 0.241 e. The molecule has 1 aliphatic rings. The number of carbonyl (C=O) groups is 1. The number of halogens is 1. The van der Waals surface area contributed by atoms with Crippen molar-refractivity contribution in [1.29, 1.82) is 0 Å². The molecule has 1 saturated heterocycles. The van der Waals surface area contributed by atoms with Crippen molar-refractivity contribution in [2.75, 3.05) is 11.9 Å². The van der Waals surface area contributed by atoms with Crippen molar-refractivity contribution in [1.82, 2.24) is 5.32 Å². The van der Waals surface area contributed by atoms with Crippen molar-refractivity contribution in [3.8, 4) is 0 Å². The molecule has 118 valence electrons. The second kappa shape index (κ2) is 8.06. The van der Waals surface area contributed by atoms with E-state index in [1.807, 2.05) is 23.9 Å². The second-order valence-corrected chi connectivity index (χ2v) is 8.13. The summed E-state index contributed by atoms with van der Waals surface area (Å²) >= 11 is 1.83. The van der Waals surface area contributed by atoms with Gasteiger partial charge in [0.05, 0.1) is 6.04 Å². The summed E-state index contributed by atoms with van der Waals surface area (Å²) in [6.07, 6.45) is 3.23. The summed E-state index contributed by atoms with van der Waals surface area (Å²) in [5.74, 6) is 0.0842. The highest BCUT2D eigenvalue weighted by Crippen LogP contribution is 2.32. The van der Waals surface area contributed by atoms with Crippen LogP contribution < -0.4 is 10.6 Å². The van der Waals surface area contributed by atoms with Gasteiger partial charge in [-0.25, -0.2) is 0 Å². The van der Waals surface area contributed by atoms with Crippen molar-refractivity contribution in [2.24, 2.45) is 0 Å². The van der Waals surface area contributed by atoms with Crippen LogP contribution >= 0.6 is 24.2 Å². The molecule has 5 heteroatoms. The number of thioether (sulfide) groups is 1. The van der Waals surface area contributed by atoms with E-state index in [0.29, 0.717) is 0 Å². The van der Waals surface area contributed by atoms with E-state index in [0.717, 1.165) is 25.1 Å². The van der Waals surface area contributed by atoms with Gasteiger partial charge in [-0.2, -0.15) is 0 Å². The number of anilines is 1. The van der Waals surface area contributed by atoms with Gasteiger partial charge >= 0.3 is 0 Å². The Labute approximate surface area is 138 Å². The zero-order valence-electron chi connectivity index (χ0n) is 12.9. The molecule has 2 rings (SSSR count). The fourth-order valence-corrected chi connectivity index (χ4v) is 3.24. The van der Waals surface area contributed by atoms with Gasteiger partial charge in [0.25, 0.3) is 0 Å². The fourth-order valence-electron chi connectivity index (χ4n) is 2.26. The van der Waals surface area contributed by atoms with Crippen LogP contribution in [-0.4, -0.2) is 23.2 Å². The van der Waals surface area contributed by atoms with Crippen molar-refractivity contribution >= 4 is 35.8 Å². The van der Waals surface area contributed by atoms with Crippen LogP contribution in [-0.2, 0) is 4.79 Å². The molecule has 21 heavy (non-hydrogen) atoms. The lowest BCUT2D eigenvalue weighted by Gasteiger charge is -2.22. The van der Waals surface area contributed by atoms with Crippen LogP contribution in [0.5, 0.6) is 0 Å². The molecule has 1 aromatic carbocycles. The lowest BCUT2D eigenvalue weighted by atomic mass is 10.0. The second-order valence-electron chi connectivity index (χ2n) is 6.23. The number of amides is 1. The SMILES string of the molecule is CC(C)(C)Sc1ccc(NC(=O)C2CCCCN2)cc1.Cl. The Balaban J connectivity index is 0.00000220. The molecule has 1 aromatic rings. The molecular formula is C16H25ClN2OS. The topological polar surface area (TPSA) is 41.1 Å². The number of nitrogens with one attached hydrogen (secondary N) is 2. The van der Waals surface area contributed by atoms with E-state index in [1.54, 1.807) is 0 Å². The number of hydrogen-bond donors (Lipinski definition) is 2.